The van der Waals surface area contributed by atoms with Gasteiger partial charge in [0.2, 0.25) is 0 Å². The highest BCUT2D eigenvalue weighted by Gasteiger charge is 2.08. The second-order valence-corrected chi connectivity index (χ2v) is 4.19. The Morgan fingerprint density at radius 2 is 1.84 bits per heavy atom. The van der Waals surface area contributed by atoms with Gasteiger partial charge in [-0.05, 0) is 17.7 Å². The van der Waals surface area contributed by atoms with Gasteiger partial charge in [0.1, 0.15) is 11.9 Å². The van der Waals surface area contributed by atoms with Crippen LogP contribution in [0.5, 0.6) is 0 Å². The Morgan fingerprint density at radius 1 is 1.21 bits per heavy atom. The molecule has 0 N–H and O–H groups in total. The molecular formula is C14H19FN2O2. The van der Waals surface area contributed by atoms with E-state index in [1.807, 2.05) is 6.07 Å². The van der Waals surface area contributed by atoms with Crippen molar-refractivity contribution in [1.82, 2.24) is 4.90 Å². The zero-order valence-electron chi connectivity index (χ0n) is 11.4. The minimum atomic E-state index is -0.480. The Balaban J connectivity index is 2.69. The van der Waals surface area contributed by atoms with Gasteiger partial charge in [0.05, 0.1) is 18.8 Å². The number of nitriles is 1. The highest BCUT2D eigenvalue weighted by molar-refractivity contribution is 5.34. The minimum Gasteiger partial charge on any atom is -0.383 e. The SMILES string of the molecule is COCCN(CCOC)Cc1ccc(F)c(C#N)c1. The number of hydrogen-bond acceptors (Lipinski definition) is 4. The molecule has 0 atom stereocenters. The second-order valence-electron chi connectivity index (χ2n) is 4.19. The number of nitrogens with zero attached hydrogens (tertiary/aromatic N) is 2. The van der Waals surface area contributed by atoms with Gasteiger partial charge >= 0.3 is 0 Å². The molecule has 19 heavy (non-hydrogen) atoms. The molecule has 0 aliphatic rings. The Bertz CT molecular complexity index is 424. The van der Waals surface area contributed by atoms with Crippen LogP contribution >= 0.6 is 0 Å². The molecule has 0 amide bonds. The lowest BCUT2D eigenvalue weighted by Gasteiger charge is -2.21. The highest BCUT2D eigenvalue weighted by atomic mass is 19.1. The summed E-state index contributed by atoms with van der Waals surface area (Å²) in [6.07, 6.45) is 0. The molecule has 0 fully saturated rings. The Labute approximate surface area is 113 Å². The van der Waals surface area contributed by atoms with Crippen LogP contribution in [0.3, 0.4) is 0 Å². The predicted molar refractivity (Wildman–Crippen MR) is 70.1 cm³/mol. The van der Waals surface area contributed by atoms with Gasteiger partial charge < -0.3 is 9.47 Å². The largest absolute Gasteiger partial charge is 0.383 e. The van der Waals surface area contributed by atoms with Crippen LogP contribution in [0.25, 0.3) is 0 Å². The summed E-state index contributed by atoms with van der Waals surface area (Å²) in [6, 6.07) is 6.47. The highest BCUT2D eigenvalue weighted by Crippen LogP contribution is 2.11. The van der Waals surface area contributed by atoms with E-state index < -0.39 is 5.82 Å². The smallest absolute Gasteiger partial charge is 0.140 e. The maximum atomic E-state index is 13.2. The van der Waals surface area contributed by atoms with E-state index in [2.05, 4.69) is 4.90 Å². The predicted octanol–water partition coefficient (Wildman–Crippen LogP) is 1.79. The lowest BCUT2D eigenvalue weighted by molar-refractivity contribution is 0.110. The van der Waals surface area contributed by atoms with Crippen LogP contribution in [0.1, 0.15) is 11.1 Å². The van der Waals surface area contributed by atoms with Crippen LogP contribution in [0.15, 0.2) is 18.2 Å². The van der Waals surface area contributed by atoms with Crippen molar-refractivity contribution in [2.24, 2.45) is 0 Å². The molecule has 1 rings (SSSR count). The van der Waals surface area contributed by atoms with Crippen molar-refractivity contribution >= 4 is 0 Å². The third kappa shape index (κ3) is 5.35. The van der Waals surface area contributed by atoms with Gasteiger partial charge in [0.15, 0.2) is 0 Å². The molecule has 0 aliphatic carbocycles. The molecule has 0 saturated carbocycles. The van der Waals surface area contributed by atoms with Crippen molar-refractivity contribution in [3.05, 3.63) is 35.1 Å². The number of halogens is 1. The molecular weight excluding hydrogens is 247 g/mol. The molecule has 0 bridgehead atoms. The topological polar surface area (TPSA) is 45.5 Å². The molecule has 0 radical (unpaired) electrons. The molecule has 0 aromatic heterocycles. The van der Waals surface area contributed by atoms with Crippen LogP contribution in [0.2, 0.25) is 0 Å². The van der Waals surface area contributed by atoms with Crippen LogP contribution in [0.4, 0.5) is 4.39 Å². The van der Waals surface area contributed by atoms with Crippen molar-refractivity contribution in [3.63, 3.8) is 0 Å². The molecule has 1 aromatic carbocycles. The van der Waals surface area contributed by atoms with E-state index in [9.17, 15) is 4.39 Å². The van der Waals surface area contributed by atoms with Gasteiger partial charge in [-0.2, -0.15) is 5.26 Å². The maximum absolute atomic E-state index is 13.2. The molecule has 0 unspecified atom stereocenters. The zero-order chi connectivity index (χ0) is 14.1. The van der Waals surface area contributed by atoms with Gasteiger partial charge in [0, 0.05) is 33.9 Å². The normalized spacial score (nSPS) is 10.7. The van der Waals surface area contributed by atoms with Crippen molar-refractivity contribution < 1.29 is 13.9 Å². The van der Waals surface area contributed by atoms with Gasteiger partial charge in [-0.25, -0.2) is 4.39 Å². The summed E-state index contributed by atoms with van der Waals surface area (Å²) in [7, 11) is 3.31. The van der Waals surface area contributed by atoms with E-state index in [0.29, 0.717) is 19.8 Å². The van der Waals surface area contributed by atoms with Crippen molar-refractivity contribution in [2.45, 2.75) is 6.54 Å². The van der Waals surface area contributed by atoms with Gasteiger partial charge in [0.25, 0.3) is 0 Å². The van der Waals surface area contributed by atoms with Crippen LogP contribution in [-0.4, -0.2) is 45.4 Å². The molecule has 0 aliphatic heterocycles. The van der Waals surface area contributed by atoms with Gasteiger partial charge in [-0.15, -0.1) is 0 Å². The molecule has 4 nitrogen and oxygen atoms in total. The summed E-state index contributed by atoms with van der Waals surface area (Å²) in [5.41, 5.74) is 0.987. The summed E-state index contributed by atoms with van der Waals surface area (Å²) in [5, 5.41) is 8.82. The quantitative estimate of drug-likeness (QED) is 0.719. The fraction of sp³-hybridized carbons (Fsp3) is 0.500. The fourth-order valence-electron chi connectivity index (χ4n) is 1.73. The summed E-state index contributed by atoms with van der Waals surface area (Å²) in [6.45, 7) is 3.41. The first-order valence-corrected chi connectivity index (χ1v) is 6.10. The first kappa shape index (κ1) is 15.6. The average Bonchev–Trinajstić information content (AvgIpc) is 2.43. The Morgan fingerprint density at radius 3 is 2.37 bits per heavy atom. The summed E-state index contributed by atoms with van der Waals surface area (Å²) >= 11 is 0. The average molecular weight is 266 g/mol. The standard InChI is InChI=1S/C14H19FN2O2/c1-18-7-5-17(6-8-19-2)11-12-3-4-14(15)13(9-12)10-16/h3-4,9H,5-8,11H2,1-2H3. The van der Waals surface area contributed by atoms with Gasteiger partial charge in [-0.3, -0.25) is 4.90 Å². The number of hydrogen-bond donors (Lipinski definition) is 0. The monoisotopic (exact) mass is 266 g/mol. The summed E-state index contributed by atoms with van der Waals surface area (Å²) in [4.78, 5) is 2.14. The molecule has 5 heteroatoms. The summed E-state index contributed by atoms with van der Waals surface area (Å²) in [5.74, 6) is -0.480. The third-order valence-corrected chi connectivity index (χ3v) is 2.78. The maximum Gasteiger partial charge on any atom is 0.140 e. The number of methoxy groups -OCH3 is 2. The van der Waals surface area contributed by atoms with E-state index in [-0.39, 0.29) is 5.56 Å². The molecule has 104 valence electrons. The first-order valence-electron chi connectivity index (χ1n) is 6.10. The van der Waals surface area contributed by atoms with Crippen LogP contribution < -0.4 is 0 Å². The molecule has 0 heterocycles. The van der Waals surface area contributed by atoms with E-state index in [1.165, 1.54) is 6.07 Å². The van der Waals surface area contributed by atoms with E-state index in [1.54, 1.807) is 26.4 Å². The molecule has 1 aromatic rings. The number of ether oxygens (including phenoxy) is 2. The van der Waals surface area contributed by atoms with E-state index >= 15 is 0 Å². The van der Waals surface area contributed by atoms with E-state index in [4.69, 9.17) is 14.7 Å². The van der Waals surface area contributed by atoms with Crippen molar-refractivity contribution in [2.75, 3.05) is 40.5 Å². The lowest BCUT2D eigenvalue weighted by atomic mass is 10.1. The number of benzene rings is 1. The number of rotatable bonds is 8. The Kier molecular flexibility index (Phi) is 7.04. The lowest BCUT2D eigenvalue weighted by Crippen LogP contribution is -2.30. The van der Waals surface area contributed by atoms with E-state index in [0.717, 1.165) is 18.7 Å². The van der Waals surface area contributed by atoms with Gasteiger partial charge in [-0.1, -0.05) is 6.07 Å². The Hall–Kier alpha value is -1.48. The zero-order valence-corrected chi connectivity index (χ0v) is 11.4. The molecule has 0 spiro atoms. The minimum absolute atomic E-state index is 0.0796. The first-order chi connectivity index (χ1) is 9.21. The van der Waals surface area contributed by atoms with Crippen molar-refractivity contribution in [3.8, 4) is 6.07 Å². The van der Waals surface area contributed by atoms with Crippen LogP contribution in [0, 0.1) is 17.1 Å². The summed E-state index contributed by atoms with van der Waals surface area (Å²) < 4.78 is 23.4. The fourth-order valence-corrected chi connectivity index (χ4v) is 1.73. The second kappa shape index (κ2) is 8.59. The van der Waals surface area contributed by atoms with Crippen molar-refractivity contribution in [1.29, 1.82) is 5.26 Å². The van der Waals surface area contributed by atoms with Crippen LogP contribution in [-0.2, 0) is 16.0 Å². The third-order valence-electron chi connectivity index (χ3n) is 2.78. The molecule has 0 saturated heterocycles.